The van der Waals surface area contributed by atoms with Gasteiger partial charge in [0.2, 0.25) is 0 Å². The lowest BCUT2D eigenvalue weighted by Gasteiger charge is -2.22. The molecule has 2 rings (SSSR count). The lowest BCUT2D eigenvalue weighted by Crippen LogP contribution is -2.21. The Hall–Kier alpha value is -1.83. The molecule has 0 atom stereocenters. The predicted molar refractivity (Wildman–Crippen MR) is 82.2 cm³/mol. The first-order valence-corrected chi connectivity index (χ1v) is 7.36. The highest BCUT2D eigenvalue weighted by atomic mass is 16.5. The standard InChI is InChI=1S/C18H22O2/c1-15(9-8-12-16-10-4-2-5-11-16)18(19)20-17-13-6-3-7-14-17/h2,4-5,8,10-12,17H,1,3,6-7,9,13-14H2. The van der Waals surface area contributed by atoms with Crippen LogP contribution in [0.3, 0.4) is 0 Å². The van der Waals surface area contributed by atoms with Crippen LogP contribution < -0.4 is 0 Å². The van der Waals surface area contributed by atoms with E-state index in [1.807, 2.05) is 42.5 Å². The van der Waals surface area contributed by atoms with Crippen LogP contribution in [0.15, 0.2) is 48.6 Å². The summed E-state index contributed by atoms with van der Waals surface area (Å²) in [4.78, 5) is 11.9. The maximum absolute atomic E-state index is 11.9. The second-order valence-electron chi connectivity index (χ2n) is 5.29. The molecule has 0 bridgehead atoms. The molecule has 0 unspecified atom stereocenters. The molecule has 1 aliphatic carbocycles. The number of carbonyl (C=O) groups excluding carboxylic acids is 1. The summed E-state index contributed by atoms with van der Waals surface area (Å²) in [7, 11) is 0. The van der Waals surface area contributed by atoms with Crippen LogP contribution in [0.5, 0.6) is 0 Å². The molecule has 1 aromatic carbocycles. The van der Waals surface area contributed by atoms with Crippen LogP contribution >= 0.6 is 0 Å². The molecule has 0 radical (unpaired) electrons. The average molecular weight is 270 g/mol. The van der Waals surface area contributed by atoms with E-state index in [1.54, 1.807) is 0 Å². The van der Waals surface area contributed by atoms with Crippen LogP contribution in [-0.2, 0) is 9.53 Å². The van der Waals surface area contributed by atoms with Gasteiger partial charge in [0.25, 0.3) is 0 Å². The third-order valence-corrected chi connectivity index (χ3v) is 3.59. The molecular formula is C18H22O2. The van der Waals surface area contributed by atoms with Crippen molar-refractivity contribution in [2.75, 3.05) is 0 Å². The molecule has 2 heteroatoms. The maximum atomic E-state index is 11.9. The van der Waals surface area contributed by atoms with Gasteiger partial charge >= 0.3 is 5.97 Å². The number of hydrogen-bond acceptors (Lipinski definition) is 2. The Morgan fingerprint density at radius 2 is 1.90 bits per heavy atom. The van der Waals surface area contributed by atoms with Crippen molar-refractivity contribution in [3.05, 3.63) is 54.1 Å². The highest BCUT2D eigenvalue weighted by Gasteiger charge is 2.18. The molecule has 0 N–H and O–H groups in total. The topological polar surface area (TPSA) is 26.3 Å². The van der Waals surface area contributed by atoms with Gasteiger partial charge in [0.05, 0.1) is 0 Å². The Kier molecular flexibility index (Phi) is 5.60. The molecule has 0 amide bonds. The Morgan fingerprint density at radius 1 is 1.20 bits per heavy atom. The Balaban J connectivity index is 1.76. The second-order valence-corrected chi connectivity index (χ2v) is 5.29. The summed E-state index contributed by atoms with van der Waals surface area (Å²) in [5.74, 6) is -0.241. The van der Waals surface area contributed by atoms with Crippen LogP contribution in [-0.4, -0.2) is 12.1 Å². The molecule has 0 aromatic heterocycles. The normalized spacial score (nSPS) is 16.2. The van der Waals surface area contributed by atoms with Crippen molar-refractivity contribution in [3.63, 3.8) is 0 Å². The van der Waals surface area contributed by atoms with Crippen molar-refractivity contribution < 1.29 is 9.53 Å². The van der Waals surface area contributed by atoms with E-state index in [0.717, 1.165) is 18.4 Å². The molecule has 0 spiro atoms. The Labute approximate surface area is 121 Å². The molecule has 1 fully saturated rings. The van der Waals surface area contributed by atoms with Gasteiger partial charge in [0, 0.05) is 5.57 Å². The van der Waals surface area contributed by atoms with Gasteiger partial charge in [-0.3, -0.25) is 0 Å². The molecule has 106 valence electrons. The highest BCUT2D eigenvalue weighted by molar-refractivity contribution is 5.88. The molecule has 0 saturated heterocycles. The first kappa shape index (κ1) is 14.6. The van der Waals surface area contributed by atoms with Crippen molar-refractivity contribution in [1.29, 1.82) is 0 Å². The smallest absolute Gasteiger partial charge is 0.333 e. The number of benzene rings is 1. The Bertz CT molecular complexity index is 467. The molecule has 0 heterocycles. The second kappa shape index (κ2) is 7.68. The molecule has 1 aliphatic rings. The number of carbonyl (C=O) groups is 1. The van der Waals surface area contributed by atoms with E-state index in [1.165, 1.54) is 19.3 Å². The largest absolute Gasteiger partial charge is 0.459 e. The van der Waals surface area contributed by atoms with Crippen molar-refractivity contribution in [2.45, 2.75) is 44.6 Å². The molecule has 2 nitrogen and oxygen atoms in total. The van der Waals surface area contributed by atoms with Gasteiger partial charge in [0.15, 0.2) is 0 Å². The van der Waals surface area contributed by atoms with E-state index in [0.29, 0.717) is 12.0 Å². The highest BCUT2D eigenvalue weighted by Crippen LogP contribution is 2.21. The van der Waals surface area contributed by atoms with Crippen LogP contribution in [0.2, 0.25) is 0 Å². The molecule has 1 saturated carbocycles. The number of hydrogen-bond donors (Lipinski definition) is 0. The third kappa shape index (κ3) is 4.69. The fourth-order valence-corrected chi connectivity index (χ4v) is 2.40. The van der Waals surface area contributed by atoms with Crippen molar-refractivity contribution >= 4 is 12.0 Å². The van der Waals surface area contributed by atoms with Gasteiger partial charge in [0.1, 0.15) is 6.10 Å². The minimum atomic E-state index is -0.241. The van der Waals surface area contributed by atoms with Gasteiger partial charge < -0.3 is 4.74 Å². The lowest BCUT2D eigenvalue weighted by atomic mass is 9.98. The number of esters is 1. The van der Waals surface area contributed by atoms with Gasteiger partial charge in [-0.2, -0.15) is 0 Å². The quantitative estimate of drug-likeness (QED) is 0.580. The number of ether oxygens (including phenoxy) is 1. The van der Waals surface area contributed by atoms with Crippen LogP contribution in [0.4, 0.5) is 0 Å². The van der Waals surface area contributed by atoms with Gasteiger partial charge in [-0.25, -0.2) is 4.79 Å². The summed E-state index contributed by atoms with van der Waals surface area (Å²) in [6.45, 7) is 3.83. The van der Waals surface area contributed by atoms with E-state index < -0.39 is 0 Å². The van der Waals surface area contributed by atoms with Gasteiger partial charge in [-0.1, -0.05) is 55.5 Å². The molecule has 1 aromatic rings. The predicted octanol–water partition coefficient (Wildman–Crippen LogP) is 4.52. The monoisotopic (exact) mass is 270 g/mol. The summed E-state index contributed by atoms with van der Waals surface area (Å²) >= 11 is 0. The third-order valence-electron chi connectivity index (χ3n) is 3.59. The first-order chi connectivity index (χ1) is 9.75. The first-order valence-electron chi connectivity index (χ1n) is 7.36. The van der Waals surface area contributed by atoms with Crippen molar-refractivity contribution in [2.24, 2.45) is 0 Å². The SMILES string of the molecule is C=C(CC=Cc1ccccc1)C(=O)OC1CCCCC1. The van der Waals surface area contributed by atoms with E-state index in [-0.39, 0.29) is 12.1 Å². The van der Waals surface area contributed by atoms with Crippen LogP contribution in [0, 0.1) is 0 Å². The maximum Gasteiger partial charge on any atom is 0.333 e. The molecular weight excluding hydrogens is 248 g/mol. The van der Waals surface area contributed by atoms with Gasteiger partial charge in [-0.15, -0.1) is 0 Å². The van der Waals surface area contributed by atoms with Crippen molar-refractivity contribution in [3.8, 4) is 0 Å². The summed E-state index contributed by atoms with van der Waals surface area (Å²) < 4.78 is 5.48. The fraction of sp³-hybridized carbons (Fsp3) is 0.389. The Morgan fingerprint density at radius 3 is 2.60 bits per heavy atom. The fourth-order valence-electron chi connectivity index (χ4n) is 2.40. The summed E-state index contributed by atoms with van der Waals surface area (Å²) in [5.41, 5.74) is 1.66. The lowest BCUT2D eigenvalue weighted by molar-refractivity contribution is -0.145. The zero-order valence-corrected chi connectivity index (χ0v) is 11.9. The molecule has 0 aliphatic heterocycles. The zero-order chi connectivity index (χ0) is 14.2. The zero-order valence-electron chi connectivity index (χ0n) is 11.9. The summed E-state index contributed by atoms with van der Waals surface area (Å²) in [6, 6.07) is 10.0. The van der Waals surface area contributed by atoms with Crippen LogP contribution in [0.25, 0.3) is 6.08 Å². The number of allylic oxidation sites excluding steroid dienone is 1. The van der Waals surface area contributed by atoms with Crippen molar-refractivity contribution in [1.82, 2.24) is 0 Å². The van der Waals surface area contributed by atoms with Gasteiger partial charge in [-0.05, 0) is 37.7 Å². The minimum Gasteiger partial charge on any atom is -0.459 e. The van der Waals surface area contributed by atoms with E-state index in [9.17, 15) is 4.79 Å². The number of rotatable bonds is 5. The summed E-state index contributed by atoms with van der Waals surface area (Å²) in [5, 5.41) is 0. The van der Waals surface area contributed by atoms with E-state index in [2.05, 4.69) is 6.58 Å². The summed E-state index contributed by atoms with van der Waals surface area (Å²) in [6.07, 6.45) is 10.2. The molecule has 20 heavy (non-hydrogen) atoms. The average Bonchev–Trinajstić information content (AvgIpc) is 2.49. The van der Waals surface area contributed by atoms with E-state index in [4.69, 9.17) is 4.74 Å². The van der Waals surface area contributed by atoms with Crippen LogP contribution in [0.1, 0.15) is 44.1 Å². The minimum absolute atomic E-state index is 0.103. The van der Waals surface area contributed by atoms with E-state index >= 15 is 0 Å².